The summed E-state index contributed by atoms with van der Waals surface area (Å²) in [5, 5.41) is 16.1. The maximum absolute atomic E-state index is 12.2. The molecule has 0 aliphatic carbocycles. The lowest BCUT2D eigenvalue weighted by Gasteiger charge is -2.23. The number of carbonyl (C=O) groups excluding carboxylic acids is 1. The zero-order valence-electron chi connectivity index (χ0n) is 19.3. The van der Waals surface area contributed by atoms with Crippen LogP contribution < -0.4 is 21.3 Å². The van der Waals surface area contributed by atoms with E-state index in [2.05, 4.69) is 26.6 Å². The normalized spacial score (nSPS) is 15.4. The number of aromatic nitrogens is 2. The number of alkyl carbamates (subject to hydrolysis) is 1. The van der Waals surface area contributed by atoms with Crippen molar-refractivity contribution in [1.29, 1.82) is 5.26 Å². The molecular formula is C24H28ClN7O2. The Morgan fingerprint density at radius 3 is 2.74 bits per heavy atom. The minimum Gasteiger partial charge on any atom is -0.444 e. The van der Waals surface area contributed by atoms with Gasteiger partial charge in [0.1, 0.15) is 11.9 Å². The molecule has 178 valence electrons. The number of anilines is 4. The smallest absolute Gasteiger partial charge is 0.407 e. The topological polar surface area (TPSA) is 129 Å². The van der Waals surface area contributed by atoms with Crippen molar-refractivity contribution in [2.24, 2.45) is 0 Å². The van der Waals surface area contributed by atoms with Gasteiger partial charge >= 0.3 is 6.09 Å². The summed E-state index contributed by atoms with van der Waals surface area (Å²) in [6.07, 6.45) is 0.0585. The van der Waals surface area contributed by atoms with Crippen molar-refractivity contribution < 1.29 is 9.53 Å². The summed E-state index contributed by atoms with van der Waals surface area (Å²) in [7, 11) is 0. The molecule has 2 aromatic carbocycles. The van der Waals surface area contributed by atoms with Crippen molar-refractivity contribution in [1.82, 2.24) is 15.3 Å². The molecule has 1 aliphatic rings. The second kappa shape index (κ2) is 10.0. The lowest BCUT2D eigenvalue weighted by molar-refractivity contribution is 0.101. The molecule has 0 unspecified atom stereocenters. The highest BCUT2D eigenvalue weighted by atomic mass is 35.5. The Morgan fingerprint density at radius 1 is 1.24 bits per heavy atom. The molecular weight excluding hydrogens is 454 g/mol. The number of nitrogens with zero attached hydrogens (tertiary/aromatic N) is 4. The summed E-state index contributed by atoms with van der Waals surface area (Å²) < 4.78 is 5.62. The van der Waals surface area contributed by atoms with Crippen LogP contribution in [0.25, 0.3) is 10.9 Å². The summed E-state index contributed by atoms with van der Waals surface area (Å²) in [6.45, 7) is 6.98. The van der Waals surface area contributed by atoms with Crippen LogP contribution in [0.1, 0.15) is 32.8 Å². The highest BCUT2D eigenvalue weighted by Gasteiger charge is 2.29. The van der Waals surface area contributed by atoms with Crippen LogP contribution in [0.3, 0.4) is 0 Å². The van der Waals surface area contributed by atoms with Gasteiger partial charge < -0.3 is 26.0 Å². The number of hydrogen-bond donors (Lipinski definition) is 3. The van der Waals surface area contributed by atoms with Crippen molar-refractivity contribution in [2.45, 2.75) is 38.8 Å². The third-order valence-corrected chi connectivity index (χ3v) is 5.12. The standard InChI is InChI=1S/C24H27N7O2.ClH/c1-24(2,3)30-23(32)33-18-8-9-31(14-18)21-19-6-4-5-7-20(19)28-22(29-21)27-17-11-15(13-25)10-16(26)12-17;/h4-7,10-12,18H,8-9,14,26H2,1-3H3,(H,30,32)(H,27,28,29);1H/t18-;/m0./s1. The summed E-state index contributed by atoms with van der Waals surface area (Å²) in [5.41, 5.74) is 7.90. The van der Waals surface area contributed by atoms with Gasteiger partial charge in [-0.15, -0.1) is 12.4 Å². The Labute approximate surface area is 204 Å². The number of fused-ring (bicyclic) bond motifs is 1. The molecule has 1 saturated heterocycles. The van der Waals surface area contributed by atoms with Crippen molar-refractivity contribution in [3.8, 4) is 6.07 Å². The third kappa shape index (κ3) is 5.97. The van der Waals surface area contributed by atoms with Crippen molar-refractivity contribution >= 4 is 52.5 Å². The van der Waals surface area contributed by atoms with E-state index < -0.39 is 6.09 Å². The summed E-state index contributed by atoms with van der Waals surface area (Å²) in [5.74, 6) is 1.16. The zero-order valence-corrected chi connectivity index (χ0v) is 20.1. The van der Waals surface area contributed by atoms with E-state index in [1.165, 1.54) is 0 Å². The third-order valence-electron chi connectivity index (χ3n) is 5.12. The van der Waals surface area contributed by atoms with E-state index in [-0.39, 0.29) is 24.0 Å². The van der Waals surface area contributed by atoms with Gasteiger partial charge in [-0.3, -0.25) is 0 Å². The van der Waals surface area contributed by atoms with Crippen LogP contribution in [0.2, 0.25) is 0 Å². The second-order valence-electron chi connectivity index (χ2n) is 9.11. The molecule has 1 atom stereocenters. The molecule has 4 N–H and O–H groups in total. The van der Waals surface area contributed by atoms with Crippen molar-refractivity contribution in [3.05, 3.63) is 48.0 Å². The molecule has 0 radical (unpaired) electrons. The first-order valence-electron chi connectivity index (χ1n) is 10.8. The van der Waals surface area contributed by atoms with Gasteiger partial charge in [-0.25, -0.2) is 9.78 Å². The van der Waals surface area contributed by atoms with Gasteiger partial charge in [0.15, 0.2) is 0 Å². The van der Waals surface area contributed by atoms with E-state index >= 15 is 0 Å². The number of carbonyl (C=O) groups is 1. The molecule has 4 rings (SSSR count). The number of nitriles is 1. The fourth-order valence-electron chi connectivity index (χ4n) is 3.78. The average molecular weight is 482 g/mol. The van der Waals surface area contributed by atoms with Crippen molar-refractivity contribution in [2.75, 3.05) is 29.0 Å². The maximum Gasteiger partial charge on any atom is 0.407 e. The van der Waals surface area contributed by atoms with E-state index in [9.17, 15) is 10.1 Å². The van der Waals surface area contributed by atoms with Gasteiger partial charge in [-0.1, -0.05) is 12.1 Å². The number of nitrogens with two attached hydrogens (primary N) is 1. The highest BCUT2D eigenvalue weighted by Crippen LogP contribution is 2.30. The molecule has 2 heterocycles. The molecule has 3 aromatic rings. The Balaban J connectivity index is 0.00000324. The Bertz CT molecular complexity index is 1240. The van der Waals surface area contributed by atoms with Gasteiger partial charge in [0.05, 0.1) is 23.7 Å². The fraction of sp³-hybridized carbons (Fsp3) is 0.333. The largest absolute Gasteiger partial charge is 0.444 e. The number of nitrogen functional groups attached to an aromatic ring is 1. The van der Waals surface area contributed by atoms with Crippen LogP contribution >= 0.6 is 12.4 Å². The minimum absolute atomic E-state index is 0. The molecule has 1 fully saturated rings. The van der Waals surface area contributed by atoms with Crippen molar-refractivity contribution in [3.63, 3.8) is 0 Å². The van der Waals surface area contributed by atoms with E-state index in [0.29, 0.717) is 42.4 Å². The van der Waals surface area contributed by atoms with Gasteiger partial charge in [-0.05, 0) is 51.1 Å². The Hall–Kier alpha value is -3.77. The monoisotopic (exact) mass is 481 g/mol. The lowest BCUT2D eigenvalue weighted by Crippen LogP contribution is -2.42. The van der Waals surface area contributed by atoms with Crippen LogP contribution in [0.5, 0.6) is 0 Å². The molecule has 9 nitrogen and oxygen atoms in total. The number of ether oxygens (including phenoxy) is 1. The highest BCUT2D eigenvalue weighted by molar-refractivity contribution is 5.91. The van der Waals surface area contributed by atoms with E-state index in [4.69, 9.17) is 15.5 Å². The predicted molar refractivity (Wildman–Crippen MR) is 136 cm³/mol. The Morgan fingerprint density at radius 2 is 2.00 bits per heavy atom. The molecule has 0 saturated carbocycles. The van der Waals surface area contributed by atoms with Gasteiger partial charge in [0, 0.05) is 35.3 Å². The minimum atomic E-state index is -0.417. The molecule has 34 heavy (non-hydrogen) atoms. The summed E-state index contributed by atoms with van der Waals surface area (Å²) in [4.78, 5) is 23.7. The maximum atomic E-state index is 12.2. The molecule has 0 bridgehead atoms. The van der Waals surface area contributed by atoms with Crippen LogP contribution in [-0.4, -0.2) is 40.8 Å². The molecule has 0 spiro atoms. The molecule has 1 aromatic heterocycles. The predicted octanol–water partition coefficient (Wildman–Crippen LogP) is 4.35. The number of halogens is 1. The first-order valence-corrected chi connectivity index (χ1v) is 10.8. The Kier molecular flexibility index (Phi) is 7.32. The number of para-hydroxylation sites is 1. The lowest BCUT2D eigenvalue weighted by atomic mass is 10.1. The molecule has 10 heteroatoms. The van der Waals surface area contributed by atoms with E-state index in [1.54, 1.807) is 18.2 Å². The fourth-order valence-corrected chi connectivity index (χ4v) is 3.78. The average Bonchev–Trinajstić information content (AvgIpc) is 3.19. The second-order valence-corrected chi connectivity index (χ2v) is 9.11. The summed E-state index contributed by atoms with van der Waals surface area (Å²) >= 11 is 0. The van der Waals surface area contributed by atoms with E-state index in [1.807, 2.05) is 45.0 Å². The number of rotatable bonds is 4. The quantitative estimate of drug-likeness (QED) is 0.469. The van der Waals surface area contributed by atoms with Crippen LogP contribution in [0.4, 0.5) is 27.9 Å². The summed E-state index contributed by atoms with van der Waals surface area (Å²) in [6, 6.07) is 14.9. The number of benzene rings is 2. The number of amides is 1. The number of nitrogens with one attached hydrogen (secondary N) is 2. The number of hydrogen-bond acceptors (Lipinski definition) is 8. The van der Waals surface area contributed by atoms with Gasteiger partial charge in [0.25, 0.3) is 0 Å². The van der Waals surface area contributed by atoms with Gasteiger partial charge in [-0.2, -0.15) is 10.2 Å². The SMILES string of the molecule is CC(C)(C)NC(=O)O[C@H]1CCN(c2nc(Nc3cc(N)cc(C#N)c3)nc3ccccc23)C1.Cl. The molecule has 1 amide bonds. The van der Waals surface area contributed by atoms with E-state index in [0.717, 1.165) is 16.7 Å². The van der Waals surface area contributed by atoms with Crippen LogP contribution in [0.15, 0.2) is 42.5 Å². The van der Waals surface area contributed by atoms with Crippen LogP contribution in [-0.2, 0) is 4.74 Å². The zero-order chi connectivity index (χ0) is 23.6. The first-order chi connectivity index (χ1) is 15.7. The molecule has 1 aliphatic heterocycles. The van der Waals surface area contributed by atoms with Crippen LogP contribution in [0, 0.1) is 11.3 Å². The van der Waals surface area contributed by atoms with Gasteiger partial charge in [0.2, 0.25) is 5.95 Å². The first kappa shape index (κ1) is 24.9.